The average Bonchev–Trinajstić information content (AvgIpc) is 2.37. The summed E-state index contributed by atoms with van der Waals surface area (Å²) in [5.74, 6) is 0.706. The first-order chi connectivity index (χ1) is 9.04. The van der Waals surface area contributed by atoms with Gasteiger partial charge in [0.05, 0.1) is 0 Å². The lowest BCUT2D eigenvalue weighted by atomic mass is 10.2. The zero-order valence-corrected chi connectivity index (χ0v) is 13.3. The van der Waals surface area contributed by atoms with Gasteiger partial charge < -0.3 is 15.0 Å². The van der Waals surface area contributed by atoms with Gasteiger partial charge in [0, 0.05) is 30.7 Å². The molecule has 0 saturated carbocycles. The van der Waals surface area contributed by atoms with Gasteiger partial charge in [-0.1, -0.05) is 22.9 Å². The fourth-order valence-corrected chi connectivity index (χ4v) is 1.90. The van der Waals surface area contributed by atoms with Crippen LogP contribution < -0.4 is 10.1 Å². The van der Waals surface area contributed by atoms with Crippen LogP contribution in [0.2, 0.25) is 0 Å². The van der Waals surface area contributed by atoms with Crippen LogP contribution in [0.3, 0.4) is 0 Å². The Morgan fingerprint density at radius 3 is 2.79 bits per heavy atom. The maximum Gasteiger partial charge on any atom is 0.259 e. The number of hydrogen-bond donors (Lipinski definition) is 1. The van der Waals surface area contributed by atoms with Gasteiger partial charge in [0.2, 0.25) is 0 Å². The van der Waals surface area contributed by atoms with Crippen LogP contribution in [0.25, 0.3) is 0 Å². The monoisotopic (exact) mass is 328 g/mol. The molecule has 0 aromatic heterocycles. The van der Waals surface area contributed by atoms with E-state index in [4.69, 9.17) is 4.74 Å². The molecule has 5 heteroatoms. The van der Waals surface area contributed by atoms with Crippen LogP contribution in [0.15, 0.2) is 22.7 Å². The summed E-state index contributed by atoms with van der Waals surface area (Å²) >= 11 is 3.45. The van der Waals surface area contributed by atoms with Crippen molar-refractivity contribution in [2.75, 3.05) is 27.2 Å². The van der Waals surface area contributed by atoms with Crippen molar-refractivity contribution in [1.29, 1.82) is 0 Å². The van der Waals surface area contributed by atoms with Crippen LogP contribution in [0.4, 0.5) is 0 Å². The van der Waals surface area contributed by atoms with E-state index in [0.29, 0.717) is 0 Å². The van der Waals surface area contributed by atoms with Crippen molar-refractivity contribution in [2.45, 2.75) is 19.9 Å². The summed E-state index contributed by atoms with van der Waals surface area (Å²) in [7, 11) is 3.44. The highest BCUT2D eigenvalue weighted by atomic mass is 79.9. The first-order valence-electron chi connectivity index (χ1n) is 6.36. The molecule has 0 aliphatic carbocycles. The van der Waals surface area contributed by atoms with Crippen molar-refractivity contribution in [3.63, 3.8) is 0 Å². The number of benzene rings is 1. The molecule has 0 unspecified atom stereocenters. The standard InChI is InChI=1S/C14H21BrN2O2/c1-4-7-16-9-11-8-12(15)5-6-13(11)19-10-14(18)17(2)3/h5-6,8,16H,4,7,9-10H2,1-3H3. The van der Waals surface area contributed by atoms with Gasteiger partial charge in [-0.05, 0) is 31.2 Å². The van der Waals surface area contributed by atoms with Gasteiger partial charge in [-0.2, -0.15) is 0 Å². The van der Waals surface area contributed by atoms with Crippen molar-refractivity contribution in [2.24, 2.45) is 0 Å². The molecule has 0 aliphatic heterocycles. The van der Waals surface area contributed by atoms with Gasteiger partial charge in [0.15, 0.2) is 6.61 Å². The predicted molar refractivity (Wildman–Crippen MR) is 80.3 cm³/mol. The van der Waals surface area contributed by atoms with Gasteiger partial charge in [0.25, 0.3) is 5.91 Å². The molecule has 0 spiro atoms. The SMILES string of the molecule is CCCNCc1cc(Br)ccc1OCC(=O)N(C)C. The van der Waals surface area contributed by atoms with Gasteiger partial charge in [-0.15, -0.1) is 0 Å². The van der Waals surface area contributed by atoms with Gasteiger partial charge in [-0.25, -0.2) is 0 Å². The quantitative estimate of drug-likeness (QED) is 0.781. The van der Waals surface area contributed by atoms with E-state index in [1.807, 2.05) is 18.2 Å². The third-order valence-electron chi connectivity index (χ3n) is 2.61. The molecule has 1 amide bonds. The Kier molecular flexibility index (Phi) is 6.87. The van der Waals surface area contributed by atoms with Crippen LogP contribution >= 0.6 is 15.9 Å². The Balaban J connectivity index is 2.67. The molecule has 0 aliphatic rings. The van der Waals surface area contributed by atoms with E-state index < -0.39 is 0 Å². The van der Waals surface area contributed by atoms with Crippen LogP contribution in [0, 0.1) is 0 Å². The molecule has 106 valence electrons. The Labute approximate surface area is 123 Å². The smallest absolute Gasteiger partial charge is 0.259 e. The summed E-state index contributed by atoms with van der Waals surface area (Å²) in [6, 6.07) is 5.81. The van der Waals surface area contributed by atoms with Crippen molar-refractivity contribution >= 4 is 21.8 Å². The Hall–Kier alpha value is -1.07. The number of carbonyl (C=O) groups excluding carboxylic acids is 1. The molecule has 0 heterocycles. The maximum atomic E-state index is 11.5. The van der Waals surface area contributed by atoms with E-state index in [1.165, 1.54) is 4.90 Å². The van der Waals surface area contributed by atoms with E-state index >= 15 is 0 Å². The molecular weight excluding hydrogens is 308 g/mol. The zero-order valence-electron chi connectivity index (χ0n) is 11.7. The highest BCUT2D eigenvalue weighted by molar-refractivity contribution is 9.10. The van der Waals surface area contributed by atoms with Crippen LogP contribution in [0.1, 0.15) is 18.9 Å². The highest BCUT2D eigenvalue weighted by Gasteiger charge is 2.08. The normalized spacial score (nSPS) is 10.3. The molecule has 0 radical (unpaired) electrons. The second-order valence-corrected chi connectivity index (χ2v) is 5.42. The molecule has 1 aromatic carbocycles. The van der Waals surface area contributed by atoms with E-state index in [0.717, 1.165) is 35.3 Å². The number of rotatable bonds is 7. The number of halogens is 1. The predicted octanol–water partition coefficient (Wildman–Crippen LogP) is 2.42. The molecule has 1 aromatic rings. The van der Waals surface area contributed by atoms with Gasteiger partial charge >= 0.3 is 0 Å². The summed E-state index contributed by atoms with van der Waals surface area (Å²) in [5.41, 5.74) is 1.05. The lowest BCUT2D eigenvalue weighted by Crippen LogP contribution is -2.27. The highest BCUT2D eigenvalue weighted by Crippen LogP contribution is 2.23. The van der Waals surface area contributed by atoms with Crippen molar-refractivity contribution in [1.82, 2.24) is 10.2 Å². The Morgan fingerprint density at radius 2 is 2.16 bits per heavy atom. The molecule has 1 N–H and O–H groups in total. The number of amides is 1. The van der Waals surface area contributed by atoms with E-state index in [9.17, 15) is 4.79 Å². The summed E-state index contributed by atoms with van der Waals surface area (Å²) < 4.78 is 6.60. The third kappa shape index (κ3) is 5.61. The van der Waals surface area contributed by atoms with Crippen molar-refractivity contribution in [3.05, 3.63) is 28.2 Å². The first-order valence-corrected chi connectivity index (χ1v) is 7.16. The lowest BCUT2D eigenvalue weighted by molar-refractivity contribution is -0.130. The largest absolute Gasteiger partial charge is 0.483 e. The van der Waals surface area contributed by atoms with Crippen molar-refractivity contribution < 1.29 is 9.53 Å². The number of hydrogen-bond acceptors (Lipinski definition) is 3. The van der Waals surface area contributed by atoms with Gasteiger partial charge in [0.1, 0.15) is 5.75 Å². The fraction of sp³-hybridized carbons (Fsp3) is 0.500. The third-order valence-corrected chi connectivity index (χ3v) is 3.11. The molecule has 19 heavy (non-hydrogen) atoms. The summed E-state index contributed by atoms with van der Waals surface area (Å²) in [6.45, 7) is 3.89. The molecule has 0 fully saturated rings. The molecule has 0 saturated heterocycles. The molecule has 4 nitrogen and oxygen atoms in total. The van der Waals surface area contributed by atoms with Crippen molar-refractivity contribution in [3.8, 4) is 5.75 Å². The number of ether oxygens (including phenoxy) is 1. The molecule has 0 atom stereocenters. The first kappa shape index (κ1) is 16.0. The van der Waals surface area contributed by atoms with Crippen LogP contribution in [-0.4, -0.2) is 38.1 Å². The zero-order chi connectivity index (χ0) is 14.3. The number of nitrogens with one attached hydrogen (secondary N) is 1. The minimum absolute atomic E-state index is 0.0459. The number of carbonyl (C=O) groups is 1. The second-order valence-electron chi connectivity index (χ2n) is 4.51. The van der Waals surface area contributed by atoms with E-state index in [1.54, 1.807) is 14.1 Å². The minimum Gasteiger partial charge on any atom is -0.483 e. The summed E-state index contributed by atoms with van der Waals surface area (Å²) in [5, 5.41) is 3.33. The minimum atomic E-state index is -0.0459. The van der Waals surface area contributed by atoms with Gasteiger partial charge in [-0.3, -0.25) is 4.79 Å². The van der Waals surface area contributed by atoms with Crippen LogP contribution in [0.5, 0.6) is 5.75 Å². The summed E-state index contributed by atoms with van der Waals surface area (Å²) in [6.07, 6.45) is 1.09. The second kappa shape index (κ2) is 8.17. The fourth-order valence-electron chi connectivity index (χ4n) is 1.50. The maximum absolute atomic E-state index is 11.5. The van der Waals surface area contributed by atoms with Crippen LogP contribution in [-0.2, 0) is 11.3 Å². The number of likely N-dealkylation sites (N-methyl/N-ethyl adjacent to an activating group) is 1. The molecular formula is C14H21BrN2O2. The molecule has 0 bridgehead atoms. The summed E-state index contributed by atoms with van der Waals surface area (Å²) in [4.78, 5) is 13.1. The number of nitrogens with zero attached hydrogens (tertiary/aromatic N) is 1. The molecule has 1 rings (SSSR count). The lowest BCUT2D eigenvalue weighted by Gasteiger charge is -2.14. The van der Waals surface area contributed by atoms with E-state index in [2.05, 4.69) is 28.2 Å². The topological polar surface area (TPSA) is 41.6 Å². The Morgan fingerprint density at radius 1 is 1.42 bits per heavy atom. The Bertz CT molecular complexity index is 422. The van der Waals surface area contributed by atoms with E-state index in [-0.39, 0.29) is 12.5 Å². The average molecular weight is 329 g/mol.